The zero-order valence-corrected chi connectivity index (χ0v) is 30.1. The molecular formula is C36H65O10P. The van der Waals surface area contributed by atoms with E-state index in [9.17, 15) is 24.2 Å². The number of ether oxygens (including phenoxy) is 2. The molecule has 0 saturated heterocycles. The minimum absolute atomic E-state index is 0.165. The molecule has 0 aliphatic heterocycles. The van der Waals surface area contributed by atoms with Crippen LogP contribution in [0, 0.1) is 0 Å². The van der Waals surface area contributed by atoms with Crippen molar-refractivity contribution in [3.8, 4) is 0 Å². The lowest BCUT2D eigenvalue weighted by Crippen LogP contribution is -2.29. The first-order valence-corrected chi connectivity index (χ1v) is 19.4. The Morgan fingerprint density at radius 1 is 0.660 bits per heavy atom. The molecule has 0 saturated carbocycles. The van der Waals surface area contributed by atoms with Crippen LogP contribution in [0.5, 0.6) is 0 Å². The Bertz CT molecular complexity index is 889. The van der Waals surface area contributed by atoms with Gasteiger partial charge in [-0.2, -0.15) is 0 Å². The highest BCUT2D eigenvalue weighted by Gasteiger charge is 2.27. The molecule has 0 fully saturated rings. The second kappa shape index (κ2) is 32.7. The molecule has 3 N–H and O–H groups in total. The van der Waals surface area contributed by atoms with E-state index in [1.807, 2.05) is 0 Å². The molecule has 3 atom stereocenters. The summed E-state index contributed by atoms with van der Waals surface area (Å²) in [6, 6.07) is 0. The molecule has 0 aromatic carbocycles. The number of esters is 2. The number of hydrogen-bond acceptors (Lipinski definition) is 9. The summed E-state index contributed by atoms with van der Waals surface area (Å²) in [5.41, 5.74) is 0. The monoisotopic (exact) mass is 688 g/mol. The zero-order valence-electron chi connectivity index (χ0n) is 29.2. The third kappa shape index (κ3) is 32.5. The highest BCUT2D eigenvalue weighted by Crippen LogP contribution is 2.43. The van der Waals surface area contributed by atoms with Gasteiger partial charge in [0.25, 0.3) is 0 Å². The van der Waals surface area contributed by atoms with Crippen LogP contribution in [0.3, 0.4) is 0 Å². The SMILES string of the molecule is CC/C=C\C/C=C\C/C=C\CCCCCCCC(=O)OC(COC(=O)CCCCCCCCCCC)COP(=O)(O)OCC(O)CO. The van der Waals surface area contributed by atoms with Crippen molar-refractivity contribution in [2.75, 3.05) is 26.4 Å². The Morgan fingerprint density at radius 3 is 1.77 bits per heavy atom. The number of aliphatic hydroxyl groups excluding tert-OH is 2. The first-order chi connectivity index (χ1) is 22.7. The Kier molecular flexibility index (Phi) is 31.5. The van der Waals surface area contributed by atoms with Crippen LogP contribution in [0.1, 0.15) is 142 Å². The highest BCUT2D eigenvalue weighted by molar-refractivity contribution is 7.47. The van der Waals surface area contributed by atoms with Crippen LogP contribution in [0.25, 0.3) is 0 Å². The molecule has 0 aromatic heterocycles. The van der Waals surface area contributed by atoms with Crippen LogP contribution in [0.15, 0.2) is 36.5 Å². The molecule has 0 spiro atoms. The normalized spacial score (nSPS) is 14.6. The predicted molar refractivity (Wildman–Crippen MR) is 187 cm³/mol. The molecule has 0 rings (SSSR count). The molecule has 11 heteroatoms. The number of phosphoric acid groups is 1. The molecule has 10 nitrogen and oxygen atoms in total. The van der Waals surface area contributed by atoms with E-state index < -0.39 is 51.8 Å². The lowest BCUT2D eigenvalue weighted by molar-refractivity contribution is -0.161. The quantitative estimate of drug-likeness (QED) is 0.0265. The van der Waals surface area contributed by atoms with Crippen molar-refractivity contribution in [3.05, 3.63) is 36.5 Å². The number of carbonyl (C=O) groups is 2. The van der Waals surface area contributed by atoms with E-state index in [4.69, 9.17) is 19.1 Å². The molecule has 0 bridgehead atoms. The van der Waals surface area contributed by atoms with Crippen LogP contribution in [-0.4, -0.2) is 65.7 Å². The second-order valence-corrected chi connectivity index (χ2v) is 13.3. The summed E-state index contributed by atoms with van der Waals surface area (Å²) in [5.74, 6) is -0.950. The van der Waals surface area contributed by atoms with Gasteiger partial charge in [0.1, 0.15) is 12.7 Å². The minimum atomic E-state index is -4.61. The average Bonchev–Trinajstić information content (AvgIpc) is 3.05. The van der Waals surface area contributed by atoms with Crippen molar-refractivity contribution in [1.29, 1.82) is 0 Å². The number of allylic oxidation sites excluding steroid dienone is 6. The first-order valence-electron chi connectivity index (χ1n) is 17.9. The molecule has 0 radical (unpaired) electrons. The zero-order chi connectivity index (χ0) is 34.9. The molecule has 47 heavy (non-hydrogen) atoms. The molecule has 0 amide bonds. The van der Waals surface area contributed by atoms with Gasteiger partial charge in [-0.3, -0.25) is 18.6 Å². The molecule has 0 aliphatic carbocycles. The highest BCUT2D eigenvalue weighted by atomic mass is 31.2. The Morgan fingerprint density at radius 2 is 1.17 bits per heavy atom. The van der Waals surface area contributed by atoms with Gasteiger partial charge in [-0.25, -0.2) is 4.57 Å². The van der Waals surface area contributed by atoms with Crippen LogP contribution >= 0.6 is 7.82 Å². The van der Waals surface area contributed by atoms with E-state index in [0.717, 1.165) is 70.6 Å². The topological polar surface area (TPSA) is 149 Å². The van der Waals surface area contributed by atoms with E-state index in [0.29, 0.717) is 12.8 Å². The summed E-state index contributed by atoms with van der Waals surface area (Å²) >= 11 is 0. The van der Waals surface area contributed by atoms with Crippen molar-refractivity contribution in [2.45, 2.75) is 154 Å². The van der Waals surface area contributed by atoms with Gasteiger partial charge in [-0.15, -0.1) is 0 Å². The molecule has 0 aromatic rings. The first kappa shape index (κ1) is 45.2. The summed E-state index contributed by atoms with van der Waals surface area (Å²) < 4.78 is 32.5. The van der Waals surface area contributed by atoms with E-state index in [1.165, 1.54) is 32.1 Å². The van der Waals surface area contributed by atoms with Gasteiger partial charge in [-0.1, -0.05) is 121 Å². The number of unbranched alkanes of at least 4 members (excludes halogenated alkanes) is 13. The van der Waals surface area contributed by atoms with Crippen molar-refractivity contribution >= 4 is 19.8 Å². The summed E-state index contributed by atoms with van der Waals surface area (Å²) in [4.78, 5) is 34.7. The van der Waals surface area contributed by atoms with Crippen molar-refractivity contribution < 1.29 is 47.8 Å². The fraction of sp³-hybridized carbons (Fsp3) is 0.778. The summed E-state index contributed by atoms with van der Waals surface area (Å²) in [6.07, 6.45) is 29.8. The van der Waals surface area contributed by atoms with E-state index in [-0.39, 0.29) is 19.4 Å². The maximum Gasteiger partial charge on any atom is 0.472 e. The number of rotatable bonds is 33. The van der Waals surface area contributed by atoms with Gasteiger partial charge in [0, 0.05) is 12.8 Å². The fourth-order valence-corrected chi connectivity index (χ4v) is 5.32. The van der Waals surface area contributed by atoms with E-state index in [1.54, 1.807) is 0 Å². The second-order valence-electron chi connectivity index (χ2n) is 11.9. The van der Waals surface area contributed by atoms with Crippen molar-refractivity contribution in [3.63, 3.8) is 0 Å². The van der Waals surface area contributed by atoms with Crippen LogP contribution in [0.4, 0.5) is 0 Å². The van der Waals surface area contributed by atoms with E-state index in [2.05, 4.69) is 54.8 Å². The van der Waals surface area contributed by atoms with Crippen LogP contribution in [-0.2, 0) is 32.7 Å². The Balaban J connectivity index is 4.42. The summed E-state index contributed by atoms with van der Waals surface area (Å²) in [7, 11) is -4.61. The predicted octanol–water partition coefficient (Wildman–Crippen LogP) is 8.44. The van der Waals surface area contributed by atoms with Gasteiger partial charge in [0.05, 0.1) is 19.8 Å². The van der Waals surface area contributed by atoms with Crippen molar-refractivity contribution in [2.24, 2.45) is 0 Å². The number of carbonyl (C=O) groups excluding carboxylic acids is 2. The van der Waals surface area contributed by atoms with Gasteiger partial charge in [0.15, 0.2) is 6.10 Å². The number of phosphoric ester groups is 1. The third-order valence-corrected chi connectivity index (χ3v) is 8.26. The molecule has 0 heterocycles. The molecular weight excluding hydrogens is 623 g/mol. The number of hydrogen-bond donors (Lipinski definition) is 3. The van der Waals surface area contributed by atoms with Gasteiger partial charge >= 0.3 is 19.8 Å². The Hall–Kier alpha value is -1.81. The van der Waals surface area contributed by atoms with Gasteiger partial charge in [0.2, 0.25) is 0 Å². The standard InChI is InChI=1S/C36H65O10P/c1-3-5-7-9-11-13-14-15-16-17-18-20-22-24-26-28-36(40)46-34(32-45-47(41,42)44-30-33(38)29-37)31-43-35(39)27-25-23-21-19-12-10-8-6-4-2/h5,7,11,13,15-16,33-34,37-38H,3-4,6,8-10,12,14,17-32H2,1-2H3,(H,41,42)/b7-5-,13-11-,16-15-. The van der Waals surface area contributed by atoms with Crippen LogP contribution in [0.2, 0.25) is 0 Å². The molecule has 3 unspecified atom stereocenters. The lowest BCUT2D eigenvalue weighted by atomic mass is 10.1. The maximum absolute atomic E-state index is 12.5. The smallest absolute Gasteiger partial charge is 0.462 e. The van der Waals surface area contributed by atoms with E-state index >= 15 is 0 Å². The fourth-order valence-electron chi connectivity index (χ4n) is 4.53. The number of aliphatic hydroxyl groups is 2. The van der Waals surface area contributed by atoms with Crippen molar-refractivity contribution in [1.82, 2.24) is 0 Å². The summed E-state index contributed by atoms with van der Waals surface area (Å²) in [5, 5.41) is 18.2. The Labute approximate surface area is 284 Å². The minimum Gasteiger partial charge on any atom is -0.462 e. The van der Waals surface area contributed by atoms with Crippen LogP contribution < -0.4 is 0 Å². The van der Waals surface area contributed by atoms with Gasteiger partial charge in [-0.05, 0) is 44.9 Å². The largest absolute Gasteiger partial charge is 0.472 e. The molecule has 0 aliphatic rings. The maximum atomic E-state index is 12.5. The van der Waals surface area contributed by atoms with Gasteiger partial charge < -0.3 is 24.6 Å². The third-order valence-electron chi connectivity index (χ3n) is 7.31. The molecule has 274 valence electrons. The lowest BCUT2D eigenvalue weighted by Gasteiger charge is -2.20. The summed E-state index contributed by atoms with van der Waals surface area (Å²) in [6.45, 7) is 2.19. The average molecular weight is 689 g/mol.